The summed E-state index contributed by atoms with van der Waals surface area (Å²) in [4.78, 5) is 12.5. The summed E-state index contributed by atoms with van der Waals surface area (Å²) in [6.07, 6.45) is 5.28. The van der Waals surface area contributed by atoms with E-state index in [-0.39, 0.29) is 11.9 Å². The molecule has 0 spiro atoms. The van der Waals surface area contributed by atoms with E-state index in [0.717, 1.165) is 25.2 Å². The third kappa shape index (κ3) is 4.77. The van der Waals surface area contributed by atoms with Gasteiger partial charge in [-0.2, -0.15) is 0 Å². The van der Waals surface area contributed by atoms with Gasteiger partial charge < -0.3 is 14.8 Å². The molecule has 0 aliphatic heterocycles. The van der Waals surface area contributed by atoms with Crippen LogP contribution in [0.3, 0.4) is 0 Å². The maximum atomic E-state index is 12.5. The molecule has 1 aromatic carbocycles. The molecule has 1 amide bonds. The maximum Gasteiger partial charge on any atom is 0.251 e. The number of amides is 1. The van der Waals surface area contributed by atoms with Crippen LogP contribution in [0.1, 0.15) is 56.3 Å². The fourth-order valence-corrected chi connectivity index (χ4v) is 3.13. The molecular weight excluding hydrogens is 314 g/mol. The summed E-state index contributed by atoms with van der Waals surface area (Å²) in [6.45, 7) is 4.84. The molecule has 0 bridgehead atoms. The van der Waals surface area contributed by atoms with Crippen LogP contribution in [-0.4, -0.2) is 25.7 Å². The van der Waals surface area contributed by atoms with Crippen molar-refractivity contribution in [1.29, 1.82) is 0 Å². The molecule has 1 aliphatic rings. The van der Waals surface area contributed by atoms with Crippen LogP contribution >= 0.6 is 11.6 Å². The second kappa shape index (κ2) is 8.44. The molecule has 2 rings (SSSR count). The lowest BCUT2D eigenvalue weighted by Crippen LogP contribution is -2.37. The van der Waals surface area contributed by atoms with Gasteiger partial charge in [0.15, 0.2) is 11.5 Å². The lowest BCUT2D eigenvalue weighted by molar-refractivity contribution is 0.0922. The van der Waals surface area contributed by atoms with Gasteiger partial charge >= 0.3 is 0 Å². The molecule has 1 fully saturated rings. The summed E-state index contributed by atoms with van der Waals surface area (Å²) in [7, 11) is 1.55. The Bertz CT molecular complexity index is 539. The average Bonchev–Trinajstić information content (AvgIpc) is 2.55. The van der Waals surface area contributed by atoms with Crippen LogP contribution < -0.4 is 14.8 Å². The third-order valence-corrected chi connectivity index (χ3v) is 4.57. The number of carbonyl (C=O) groups excluding carboxylic acids is 1. The maximum absolute atomic E-state index is 12.5. The Hall–Kier alpha value is -1.42. The van der Waals surface area contributed by atoms with E-state index in [4.69, 9.17) is 21.1 Å². The number of halogens is 1. The normalized spacial score (nSPS) is 20.9. The van der Waals surface area contributed by atoms with Gasteiger partial charge in [-0.15, -0.1) is 0 Å². The molecule has 23 heavy (non-hydrogen) atoms. The molecule has 0 unspecified atom stereocenters. The van der Waals surface area contributed by atoms with Crippen molar-refractivity contribution in [2.75, 3.05) is 13.7 Å². The topological polar surface area (TPSA) is 47.6 Å². The van der Waals surface area contributed by atoms with E-state index in [2.05, 4.69) is 12.2 Å². The molecule has 0 radical (unpaired) electrons. The lowest BCUT2D eigenvalue weighted by Gasteiger charge is -2.27. The number of methoxy groups -OCH3 is 1. The SMILES string of the molecule is CCCOc1c(Cl)cc(C(=O)NC2CCC(C)CC2)cc1OC. The summed E-state index contributed by atoms with van der Waals surface area (Å²) in [5.41, 5.74) is 0.509. The van der Waals surface area contributed by atoms with Crippen molar-refractivity contribution in [3.63, 3.8) is 0 Å². The zero-order valence-electron chi connectivity index (χ0n) is 14.2. The average molecular weight is 340 g/mol. The van der Waals surface area contributed by atoms with E-state index in [1.807, 2.05) is 6.92 Å². The van der Waals surface area contributed by atoms with Crippen LogP contribution in [0.25, 0.3) is 0 Å². The van der Waals surface area contributed by atoms with Crippen LogP contribution in [-0.2, 0) is 0 Å². The summed E-state index contributed by atoms with van der Waals surface area (Å²) >= 11 is 6.27. The van der Waals surface area contributed by atoms with Gasteiger partial charge in [0.05, 0.1) is 18.7 Å². The van der Waals surface area contributed by atoms with Gasteiger partial charge in [0.2, 0.25) is 0 Å². The highest BCUT2D eigenvalue weighted by atomic mass is 35.5. The van der Waals surface area contributed by atoms with Crippen LogP contribution in [0, 0.1) is 5.92 Å². The first kappa shape index (κ1) is 17.9. The zero-order valence-corrected chi connectivity index (χ0v) is 14.9. The molecule has 5 heteroatoms. The van der Waals surface area contributed by atoms with Crippen molar-refractivity contribution >= 4 is 17.5 Å². The Morgan fingerprint density at radius 1 is 1.30 bits per heavy atom. The van der Waals surface area contributed by atoms with Gasteiger partial charge in [-0.05, 0) is 50.2 Å². The molecule has 1 N–H and O–H groups in total. The fourth-order valence-electron chi connectivity index (χ4n) is 2.87. The highest BCUT2D eigenvalue weighted by Crippen LogP contribution is 2.36. The molecule has 1 saturated carbocycles. The number of rotatable bonds is 6. The van der Waals surface area contributed by atoms with Crippen LogP contribution in [0.4, 0.5) is 0 Å². The minimum atomic E-state index is -0.105. The Balaban J connectivity index is 2.09. The summed E-state index contributed by atoms with van der Waals surface area (Å²) < 4.78 is 10.9. The Morgan fingerprint density at radius 3 is 2.61 bits per heavy atom. The first-order valence-electron chi connectivity index (χ1n) is 8.36. The smallest absolute Gasteiger partial charge is 0.251 e. The monoisotopic (exact) mass is 339 g/mol. The predicted octanol–water partition coefficient (Wildman–Crippen LogP) is 4.45. The fraction of sp³-hybridized carbons (Fsp3) is 0.611. The summed E-state index contributed by atoms with van der Waals surface area (Å²) in [6, 6.07) is 3.59. The zero-order chi connectivity index (χ0) is 16.8. The highest BCUT2D eigenvalue weighted by Gasteiger charge is 2.22. The molecular formula is C18H26ClNO3. The molecule has 0 saturated heterocycles. The third-order valence-electron chi connectivity index (χ3n) is 4.29. The number of hydrogen-bond acceptors (Lipinski definition) is 3. The van der Waals surface area contributed by atoms with E-state index in [9.17, 15) is 4.79 Å². The second-order valence-electron chi connectivity index (χ2n) is 6.27. The van der Waals surface area contributed by atoms with Gasteiger partial charge in [-0.1, -0.05) is 25.4 Å². The minimum absolute atomic E-state index is 0.105. The van der Waals surface area contributed by atoms with Crippen LogP contribution in [0.5, 0.6) is 11.5 Å². The molecule has 0 heterocycles. The van der Waals surface area contributed by atoms with Crippen molar-refractivity contribution in [1.82, 2.24) is 5.32 Å². The molecule has 4 nitrogen and oxygen atoms in total. The number of benzene rings is 1. The Kier molecular flexibility index (Phi) is 6.58. The lowest BCUT2D eigenvalue weighted by atomic mass is 9.87. The number of hydrogen-bond donors (Lipinski definition) is 1. The van der Waals surface area contributed by atoms with E-state index >= 15 is 0 Å². The van der Waals surface area contributed by atoms with Crippen molar-refractivity contribution < 1.29 is 14.3 Å². The van der Waals surface area contributed by atoms with Gasteiger partial charge in [-0.25, -0.2) is 0 Å². The number of nitrogens with one attached hydrogen (secondary N) is 1. The van der Waals surface area contributed by atoms with Gasteiger partial charge in [0, 0.05) is 11.6 Å². The van der Waals surface area contributed by atoms with Crippen LogP contribution in [0.15, 0.2) is 12.1 Å². The molecule has 1 aliphatic carbocycles. The van der Waals surface area contributed by atoms with Crippen LogP contribution in [0.2, 0.25) is 5.02 Å². The quantitative estimate of drug-likeness (QED) is 0.833. The van der Waals surface area contributed by atoms with Gasteiger partial charge in [-0.3, -0.25) is 4.79 Å². The second-order valence-corrected chi connectivity index (χ2v) is 6.68. The van der Waals surface area contributed by atoms with E-state index in [1.54, 1.807) is 19.2 Å². The Morgan fingerprint density at radius 2 is 2.00 bits per heavy atom. The largest absolute Gasteiger partial charge is 0.493 e. The van der Waals surface area contributed by atoms with Gasteiger partial charge in [0.25, 0.3) is 5.91 Å². The van der Waals surface area contributed by atoms with Crippen molar-refractivity contribution in [3.05, 3.63) is 22.7 Å². The number of carbonyl (C=O) groups is 1. The molecule has 1 aromatic rings. The molecule has 128 valence electrons. The molecule has 0 atom stereocenters. The summed E-state index contributed by atoms with van der Waals surface area (Å²) in [5.74, 6) is 1.65. The first-order chi connectivity index (χ1) is 11.0. The highest BCUT2D eigenvalue weighted by molar-refractivity contribution is 6.32. The predicted molar refractivity (Wildman–Crippen MR) is 92.7 cm³/mol. The van der Waals surface area contributed by atoms with E-state index in [1.165, 1.54) is 12.8 Å². The first-order valence-corrected chi connectivity index (χ1v) is 8.74. The van der Waals surface area contributed by atoms with Crippen molar-refractivity contribution in [2.24, 2.45) is 5.92 Å². The summed E-state index contributed by atoms with van der Waals surface area (Å²) in [5, 5.41) is 3.51. The van der Waals surface area contributed by atoms with E-state index in [0.29, 0.717) is 28.7 Å². The van der Waals surface area contributed by atoms with Gasteiger partial charge in [0.1, 0.15) is 0 Å². The van der Waals surface area contributed by atoms with Crippen molar-refractivity contribution in [2.45, 2.75) is 52.0 Å². The number of ether oxygens (including phenoxy) is 2. The van der Waals surface area contributed by atoms with E-state index < -0.39 is 0 Å². The molecule has 0 aromatic heterocycles. The van der Waals surface area contributed by atoms with Crippen molar-refractivity contribution in [3.8, 4) is 11.5 Å². The standard InChI is InChI=1S/C18H26ClNO3/c1-4-9-23-17-15(19)10-13(11-16(17)22-3)18(21)20-14-7-5-12(2)6-8-14/h10-12,14H,4-9H2,1-3H3,(H,20,21). The Labute approximate surface area is 143 Å². The minimum Gasteiger partial charge on any atom is -0.493 e.